The fourth-order valence-corrected chi connectivity index (χ4v) is 3.89. The molecule has 8 nitrogen and oxygen atoms in total. The number of hydrogen-bond acceptors (Lipinski definition) is 6. The molecule has 5 rings (SSSR count). The van der Waals surface area contributed by atoms with Crippen molar-refractivity contribution in [1.82, 2.24) is 14.8 Å². The molecule has 0 aliphatic rings. The van der Waals surface area contributed by atoms with E-state index in [4.69, 9.17) is 25.0 Å². The summed E-state index contributed by atoms with van der Waals surface area (Å²) in [5, 5.41) is 5.69. The Balaban J connectivity index is 1.64. The van der Waals surface area contributed by atoms with Gasteiger partial charge in [0.2, 0.25) is 0 Å². The maximum absolute atomic E-state index is 13.0. The monoisotopic (exact) mass is 456 g/mol. The zero-order valence-electron chi connectivity index (χ0n) is 19.0. The molecule has 8 heteroatoms. The first-order chi connectivity index (χ1) is 16.4. The van der Waals surface area contributed by atoms with Crippen LogP contribution in [0.15, 0.2) is 71.5 Å². The van der Waals surface area contributed by atoms with Gasteiger partial charge in [-0.05, 0) is 50.2 Å². The van der Waals surface area contributed by atoms with Gasteiger partial charge in [-0.25, -0.2) is 4.68 Å². The van der Waals surface area contributed by atoms with Crippen LogP contribution in [0.2, 0.25) is 0 Å². The van der Waals surface area contributed by atoms with Gasteiger partial charge in [-0.1, -0.05) is 18.2 Å². The van der Waals surface area contributed by atoms with E-state index in [0.717, 1.165) is 5.75 Å². The molecule has 2 aromatic heterocycles. The van der Waals surface area contributed by atoms with E-state index in [1.165, 1.54) is 0 Å². The van der Waals surface area contributed by atoms with Gasteiger partial charge in [-0.3, -0.25) is 4.79 Å². The minimum absolute atomic E-state index is 0.0890. The van der Waals surface area contributed by atoms with Crippen molar-refractivity contribution < 1.29 is 14.2 Å². The summed E-state index contributed by atoms with van der Waals surface area (Å²) in [5.74, 6) is 2.78. The number of rotatable bonds is 6. The maximum Gasteiger partial charge on any atom is 0.261 e. The molecule has 0 saturated heterocycles. The average Bonchev–Trinajstić information content (AvgIpc) is 3.17. The SMILES string of the molecule is COc1cc(OC(C)C)c2c(c1)[nH]c(=O)c1c(N)n(-c3ccc(Oc4ccccc4)cc3)nc12. The number of aromatic nitrogens is 3. The van der Waals surface area contributed by atoms with Crippen LogP contribution >= 0.6 is 0 Å². The second-order valence-electron chi connectivity index (χ2n) is 8.10. The quantitative estimate of drug-likeness (QED) is 0.371. The van der Waals surface area contributed by atoms with Crippen LogP contribution in [0.3, 0.4) is 0 Å². The Morgan fingerprint density at radius 2 is 1.65 bits per heavy atom. The number of hydrogen-bond donors (Lipinski definition) is 2. The molecule has 5 aromatic rings. The summed E-state index contributed by atoms with van der Waals surface area (Å²) < 4.78 is 18.8. The number of ether oxygens (including phenoxy) is 3. The van der Waals surface area contributed by atoms with Gasteiger partial charge < -0.3 is 24.9 Å². The van der Waals surface area contributed by atoms with Crippen molar-refractivity contribution in [3.63, 3.8) is 0 Å². The molecule has 0 aliphatic carbocycles. The van der Waals surface area contributed by atoms with Gasteiger partial charge in [0.15, 0.2) is 0 Å². The zero-order valence-corrected chi connectivity index (χ0v) is 19.0. The van der Waals surface area contributed by atoms with Crippen molar-refractivity contribution >= 4 is 27.6 Å². The molecule has 0 atom stereocenters. The summed E-state index contributed by atoms with van der Waals surface area (Å²) in [5.41, 5.74) is 7.79. The molecule has 0 unspecified atom stereocenters. The lowest BCUT2D eigenvalue weighted by Crippen LogP contribution is -2.10. The molecule has 0 saturated carbocycles. The standard InChI is InChI=1S/C26H24N4O4/c1-15(2)33-21-14-19(32-3)13-20-22(21)24-23(26(31)28-20)25(27)30(29-24)16-9-11-18(12-10-16)34-17-7-5-4-6-8-17/h4-15H,27H2,1-3H3,(H,28,31). The molecule has 2 heterocycles. The van der Waals surface area contributed by atoms with Crippen molar-refractivity contribution in [2.45, 2.75) is 20.0 Å². The van der Waals surface area contributed by atoms with Gasteiger partial charge >= 0.3 is 0 Å². The Bertz CT molecular complexity index is 1540. The van der Waals surface area contributed by atoms with Crippen molar-refractivity contribution in [1.29, 1.82) is 0 Å². The predicted octanol–water partition coefficient (Wildman–Crippen LogP) is 5.04. The lowest BCUT2D eigenvalue weighted by atomic mass is 10.1. The smallest absolute Gasteiger partial charge is 0.261 e. The summed E-state index contributed by atoms with van der Waals surface area (Å²) in [4.78, 5) is 15.9. The number of pyridine rings is 1. The van der Waals surface area contributed by atoms with Crippen molar-refractivity contribution in [3.8, 4) is 28.7 Å². The Morgan fingerprint density at radius 1 is 0.941 bits per heavy atom. The molecule has 0 bridgehead atoms. The van der Waals surface area contributed by atoms with Crippen LogP contribution in [-0.4, -0.2) is 28.0 Å². The third kappa shape index (κ3) is 3.79. The van der Waals surface area contributed by atoms with E-state index in [9.17, 15) is 4.79 Å². The summed E-state index contributed by atoms with van der Waals surface area (Å²) >= 11 is 0. The van der Waals surface area contributed by atoms with Crippen LogP contribution in [-0.2, 0) is 0 Å². The van der Waals surface area contributed by atoms with E-state index in [2.05, 4.69) is 4.98 Å². The Labute approximate surface area is 195 Å². The van der Waals surface area contributed by atoms with Crippen LogP contribution in [0.5, 0.6) is 23.0 Å². The maximum atomic E-state index is 13.0. The lowest BCUT2D eigenvalue weighted by Gasteiger charge is -2.14. The number of nitrogens with one attached hydrogen (secondary N) is 1. The van der Waals surface area contributed by atoms with E-state index < -0.39 is 0 Å². The third-order valence-corrected chi connectivity index (χ3v) is 5.37. The van der Waals surface area contributed by atoms with Crippen molar-refractivity contribution in [2.75, 3.05) is 12.8 Å². The minimum atomic E-state index is -0.334. The molecule has 0 spiro atoms. The minimum Gasteiger partial charge on any atom is -0.497 e. The van der Waals surface area contributed by atoms with Gasteiger partial charge in [-0.15, -0.1) is 0 Å². The number of fused-ring (bicyclic) bond motifs is 3. The summed E-state index contributed by atoms with van der Waals surface area (Å²) in [6, 6.07) is 20.4. The van der Waals surface area contributed by atoms with Crippen LogP contribution in [0.25, 0.3) is 27.5 Å². The highest BCUT2D eigenvalue weighted by Gasteiger charge is 2.20. The Hall–Kier alpha value is -4.46. The number of nitrogens with two attached hydrogens (primary N) is 1. The van der Waals surface area contributed by atoms with E-state index in [1.807, 2.05) is 68.4 Å². The lowest BCUT2D eigenvalue weighted by molar-refractivity contribution is 0.244. The van der Waals surface area contributed by atoms with E-state index >= 15 is 0 Å². The number of methoxy groups -OCH3 is 1. The molecule has 34 heavy (non-hydrogen) atoms. The number of nitrogens with zero attached hydrogens (tertiary/aromatic N) is 2. The molecule has 3 aromatic carbocycles. The van der Waals surface area contributed by atoms with E-state index in [-0.39, 0.29) is 17.5 Å². The first-order valence-electron chi connectivity index (χ1n) is 10.9. The van der Waals surface area contributed by atoms with Crippen LogP contribution in [0, 0.1) is 0 Å². The number of benzene rings is 3. The predicted molar refractivity (Wildman–Crippen MR) is 132 cm³/mol. The van der Waals surface area contributed by atoms with Crippen LogP contribution in [0.4, 0.5) is 5.82 Å². The second kappa shape index (κ2) is 8.47. The molecule has 3 N–H and O–H groups in total. The number of anilines is 1. The first-order valence-corrected chi connectivity index (χ1v) is 10.9. The van der Waals surface area contributed by atoms with Gasteiger partial charge in [-0.2, -0.15) is 5.10 Å². The third-order valence-electron chi connectivity index (χ3n) is 5.37. The summed E-state index contributed by atoms with van der Waals surface area (Å²) in [6.07, 6.45) is -0.0890. The molecular weight excluding hydrogens is 432 g/mol. The molecule has 0 aliphatic heterocycles. The molecule has 172 valence electrons. The zero-order chi connectivity index (χ0) is 23.8. The fraction of sp³-hybridized carbons (Fsp3) is 0.154. The van der Waals surface area contributed by atoms with Gasteiger partial charge in [0.05, 0.1) is 29.8 Å². The highest BCUT2D eigenvalue weighted by Crippen LogP contribution is 2.36. The van der Waals surface area contributed by atoms with Crippen LogP contribution in [0.1, 0.15) is 13.8 Å². The molecule has 0 amide bonds. The van der Waals surface area contributed by atoms with Crippen LogP contribution < -0.4 is 25.5 Å². The highest BCUT2D eigenvalue weighted by molar-refractivity contribution is 6.10. The number of aromatic amines is 1. The molecular formula is C26H24N4O4. The number of para-hydroxylation sites is 1. The normalized spacial score (nSPS) is 11.3. The second-order valence-corrected chi connectivity index (χ2v) is 8.10. The topological polar surface area (TPSA) is 104 Å². The Kier molecular flexibility index (Phi) is 5.33. The van der Waals surface area contributed by atoms with E-state index in [1.54, 1.807) is 23.9 Å². The first kappa shape index (κ1) is 21.4. The highest BCUT2D eigenvalue weighted by atomic mass is 16.5. The van der Waals surface area contributed by atoms with Gasteiger partial charge in [0.1, 0.15) is 39.7 Å². The number of H-pyrrole nitrogens is 1. The number of nitrogen functional groups attached to an aromatic ring is 1. The molecule has 0 fully saturated rings. The van der Waals surface area contributed by atoms with Crippen molar-refractivity contribution in [2.24, 2.45) is 0 Å². The van der Waals surface area contributed by atoms with Gasteiger partial charge in [0.25, 0.3) is 5.56 Å². The largest absolute Gasteiger partial charge is 0.497 e. The average molecular weight is 457 g/mol. The van der Waals surface area contributed by atoms with Crippen molar-refractivity contribution in [3.05, 3.63) is 77.1 Å². The Morgan fingerprint density at radius 3 is 2.32 bits per heavy atom. The van der Waals surface area contributed by atoms with E-state index in [0.29, 0.717) is 44.7 Å². The molecule has 0 radical (unpaired) electrons. The van der Waals surface area contributed by atoms with Gasteiger partial charge in [0, 0.05) is 12.1 Å². The fourth-order valence-electron chi connectivity index (χ4n) is 3.89. The summed E-state index contributed by atoms with van der Waals surface area (Å²) in [6.45, 7) is 3.86. The summed E-state index contributed by atoms with van der Waals surface area (Å²) in [7, 11) is 1.56.